The molecule has 0 spiro atoms. The largest absolute Gasteiger partial charge is 0.425 e. The van der Waals surface area contributed by atoms with Crippen molar-refractivity contribution in [2.24, 2.45) is 0 Å². The SMILES string of the molecule is OC(c1ccc2c(cnn2-c2ccc(F)cc2)c1)(c1c[nH]c2ccncc12)C(F)(F)F. The summed E-state index contributed by atoms with van der Waals surface area (Å²) in [7, 11) is 0. The second kappa shape index (κ2) is 6.64. The number of hydrogen-bond donors (Lipinski definition) is 2. The summed E-state index contributed by atoms with van der Waals surface area (Å²) in [5.74, 6) is -0.411. The second-order valence-electron chi connectivity index (χ2n) is 7.14. The van der Waals surface area contributed by atoms with Crippen LogP contribution in [0.5, 0.6) is 0 Å². The standard InChI is InChI=1S/C22H14F4N4O/c23-15-2-4-16(5-3-15)30-20-6-1-14(9-13(20)10-29-30)21(31,22(24,25)26)18-12-28-19-7-8-27-11-17(18)19/h1-12,28,31H. The van der Waals surface area contributed by atoms with Gasteiger partial charge in [0.25, 0.3) is 0 Å². The summed E-state index contributed by atoms with van der Waals surface area (Å²) in [4.78, 5) is 6.65. The van der Waals surface area contributed by atoms with Crippen molar-refractivity contribution in [3.05, 3.63) is 90.3 Å². The van der Waals surface area contributed by atoms with Gasteiger partial charge in [-0.25, -0.2) is 9.07 Å². The van der Waals surface area contributed by atoms with Crippen LogP contribution in [0.2, 0.25) is 0 Å². The minimum Gasteiger partial charge on any atom is -0.372 e. The number of aromatic amines is 1. The van der Waals surface area contributed by atoms with Crippen molar-refractivity contribution < 1.29 is 22.7 Å². The first-order valence-corrected chi connectivity index (χ1v) is 9.24. The van der Waals surface area contributed by atoms with Crippen molar-refractivity contribution in [3.63, 3.8) is 0 Å². The van der Waals surface area contributed by atoms with E-state index < -0.39 is 17.6 Å². The van der Waals surface area contributed by atoms with E-state index in [2.05, 4.69) is 15.1 Å². The van der Waals surface area contributed by atoms with E-state index in [0.29, 0.717) is 22.1 Å². The normalized spacial score (nSPS) is 14.2. The fraction of sp³-hybridized carbons (Fsp3) is 0.0909. The van der Waals surface area contributed by atoms with Crippen LogP contribution in [0.3, 0.4) is 0 Å². The van der Waals surface area contributed by atoms with Crippen LogP contribution in [0.4, 0.5) is 17.6 Å². The zero-order chi connectivity index (χ0) is 21.8. The van der Waals surface area contributed by atoms with Gasteiger partial charge in [-0.1, -0.05) is 6.07 Å². The first kappa shape index (κ1) is 19.3. The molecule has 5 rings (SSSR count). The zero-order valence-electron chi connectivity index (χ0n) is 15.7. The number of pyridine rings is 1. The van der Waals surface area contributed by atoms with E-state index in [1.54, 1.807) is 0 Å². The summed E-state index contributed by atoms with van der Waals surface area (Å²) >= 11 is 0. The van der Waals surface area contributed by atoms with E-state index in [1.165, 1.54) is 71.8 Å². The number of nitrogens with one attached hydrogen (secondary N) is 1. The lowest BCUT2D eigenvalue weighted by molar-refractivity contribution is -0.247. The highest BCUT2D eigenvalue weighted by molar-refractivity contribution is 5.85. The van der Waals surface area contributed by atoms with Crippen LogP contribution in [0.25, 0.3) is 27.5 Å². The molecule has 0 amide bonds. The van der Waals surface area contributed by atoms with Crippen molar-refractivity contribution in [1.29, 1.82) is 0 Å². The summed E-state index contributed by atoms with van der Waals surface area (Å²) < 4.78 is 57.4. The van der Waals surface area contributed by atoms with E-state index in [1.807, 2.05) is 0 Å². The summed E-state index contributed by atoms with van der Waals surface area (Å²) in [6.45, 7) is 0. The van der Waals surface area contributed by atoms with Gasteiger partial charge in [0.15, 0.2) is 0 Å². The number of benzene rings is 2. The van der Waals surface area contributed by atoms with Gasteiger partial charge in [-0.15, -0.1) is 0 Å². The molecule has 0 radical (unpaired) electrons. The van der Waals surface area contributed by atoms with Crippen LogP contribution in [0.15, 0.2) is 73.3 Å². The molecule has 1 atom stereocenters. The predicted octanol–water partition coefficient (Wildman–Crippen LogP) is 4.84. The quantitative estimate of drug-likeness (QED) is 0.406. The molecule has 1 unspecified atom stereocenters. The molecule has 0 saturated heterocycles. The van der Waals surface area contributed by atoms with Gasteiger partial charge < -0.3 is 10.1 Å². The molecule has 156 valence electrons. The van der Waals surface area contributed by atoms with Crippen molar-refractivity contribution in [1.82, 2.24) is 19.7 Å². The molecule has 9 heteroatoms. The fourth-order valence-corrected chi connectivity index (χ4v) is 3.78. The molecule has 31 heavy (non-hydrogen) atoms. The monoisotopic (exact) mass is 426 g/mol. The smallest absolute Gasteiger partial charge is 0.372 e. The van der Waals surface area contributed by atoms with E-state index in [4.69, 9.17) is 0 Å². The average molecular weight is 426 g/mol. The molecule has 0 fully saturated rings. The molecule has 3 heterocycles. The highest BCUT2D eigenvalue weighted by atomic mass is 19.4. The van der Waals surface area contributed by atoms with Crippen LogP contribution >= 0.6 is 0 Å². The zero-order valence-corrected chi connectivity index (χ0v) is 15.7. The van der Waals surface area contributed by atoms with Crippen molar-refractivity contribution in [2.75, 3.05) is 0 Å². The Labute approximate surface area is 172 Å². The average Bonchev–Trinajstić information content (AvgIpc) is 3.37. The number of fused-ring (bicyclic) bond motifs is 2. The molecule has 0 aliphatic heterocycles. The summed E-state index contributed by atoms with van der Waals surface area (Å²) in [6, 6.07) is 11.0. The third kappa shape index (κ3) is 2.89. The van der Waals surface area contributed by atoms with E-state index in [9.17, 15) is 22.7 Å². The third-order valence-electron chi connectivity index (χ3n) is 5.34. The highest BCUT2D eigenvalue weighted by Gasteiger charge is 2.57. The second-order valence-corrected chi connectivity index (χ2v) is 7.14. The Morgan fingerprint density at radius 1 is 0.968 bits per heavy atom. The van der Waals surface area contributed by atoms with E-state index in [-0.39, 0.29) is 16.5 Å². The Morgan fingerprint density at radius 2 is 1.74 bits per heavy atom. The first-order chi connectivity index (χ1) is 14.8. The van der Waals surface area contributed by atoms with E-state index >= 15 is 0 Å². The maximum atomic E-state index is 14.2. The van der Waals surface area contributed by atoms with Gasteiger partial charge in [-0.05, 0) is 48.0 Å². The van der Waals surface area contributed by atoms with Crippen molar-refractivity contribution >= 4 is 21.8 Å². The van der Waals surface area contributed by atoms with Gasteiger partial charge in [0.1, 0.15) is 5.82 Å². The number of aliphatic hydroxyl groups is 1. The van der Waals surface area contributed by atoms with E-state index in [0.717, 1.165) is 6.20 Å². The molecule has 2 aromatic carbocycles. The molecule has 5 aromatic rings. The van der Waals surface area contributed by atoms with Gasteiger partial charge in [0, 0.05) is 40.4 Å². The number of H-pyrrole nitrogens is 1. The molecule has 0 aliphatic rings. The summed E-state index contributed by atoms with van der Waals surface area (Å²) in [5, 5.41) is 15.8. The molecular weight excluding hydrogens is 412 g/mol. The molecule has 3 aromatic heterocycles. The molecular formula is C22H14F4N4O. The Bertz CT molecular complexity index is 1400. The molecule has 2 N–H and O–H groups in total. The molecule has 5 nitrogen and oxygen atoms in total. The summed E-state index contributed by atoms with van der Waals surface area (Å²) in [6.07, 6.45) is 0.272. The molecule has 0 aliphatic carbocycles. The predicted molar refractivity (Wildman–Crippen MR) is 106 cm³/mol. The maximum Gasteiger partial charge on any atom is 0.425 e. The minimum absolute atomic E-state index is 0.171. The minimum atomic E-state index is -5.00. The number of nitrogens with zero attached hydrogens (tertiary/aromatic N) is 3. The van der Waals surface area contributed by atoms with Crippen LogP contribution in [0, 0.1) is 5.82 Å². The maximum absolute atomic E-state index is 14.2. The lowest BCUT2D eigenvalue weighted by atomic mass is 9.85. The number of alkyl halides is 3. The molecule has 0 saturated carbocycles. The van der Waals surface area contributed by atoms with Crippen molar-refractivity contribution in [3.8, 4) is 5.69 Å². The Kier molecular flexibility index (Phi) is 4.13. The van der Waals surface area contributed by atoms with Crippen LogP contribution in [0.1, 0.15) is 11.1 Å². The number of rotatable bonds is 3. The van der Waals surface area contributed by atoms with Gasteiger partial charge in [0.2, 0.25) is 5.60 Å². The lowest BCUT2D eigenvalue weighted by Crippen LogP contribution is -2.43. The van der Waals surface area contributed by atoms with Gasteiger partial charge >= 0.3 is 6.18 Å². The number of halogens is 4. The van der Waals surface area contributed by atoms with Gasteiger partial charge in [0.05, 0.1) is 17.4 Å². The Morgan fingerprint density at radius 3 is 2.48 bits per heavy atom. The van der Waals surface area contributed by atoms with Gasteiger partial charge in [-0.2, -0.15) is 18.3 Å². The van der Waals surface area contributed by atoms with Crippen molar-refractivity contribution in [2.45, 2.75) is 11.8 Å². The Balaban J connectivity index is 1.69. The van der Waals surface area contributed by atoms with Crippen LogP contribution < -0.4 is 0 Å². The van der Waals surface area contributed by atoms with Crippen LogP contribution in [-0.2, 0) is 5.60 Å². The fourth-order valence-electron chi connectivity index (χ4n) is 3.78. The third-order valence-corrected chi connectivity index (χ3v) is 5.34. The Hall–Kier alpha value is -3.72. The number of aromatic nitrogens is 4. The highest BCUT2D eigenvalue weighted by Crippen LogP contribution is 2.47. The van der Waals surface area contributed by atoms with Crippen LogP contribution in [-0.4, -0.2) is 31.0 Å². The first-order valence-electron chi connectivity index (χ1n) is 9.24. The number of hydrogen-bond acceptors (Lipinski definition) is 3. The van der Waals surface area contributed by atoms with Gasteiger partial charge in [-0.3, -0.25) is 4.98 Å². The topological polar surface area (TPSA) is 66.7 Å². The summed E-state index contributed by atoms with van der Waals surface area (Å²) in [5.41, 5.74) is -2.46. The molecule has 0 bridgehead atoms. The lowest BCUT2D eigenvalue weighted by Gasteiger charge is -2.31.